The Morgan fingerprint density at radius 1 is 1.10 bits per heavy atom. The third-order valence-electron chi connectivity index (χ3n) is 5.10. The minimum absolute atomic E-state index is 0.227. The van der Waals surface area contributed by atoms with Crippen LogP contribution in [-0.4, -0.2) is 38.9 Å². The summed E-state index contributed by atoms with van der Waals surface area (Å²) in [5, 5.41) is 11.3. The summed E-state index contributed by atoms with van der Waals surface area (Å²) in [5.41, 5.74) is 7.62. The van der Waals surface area contributed by atoms with Gasteiger partial charge in [0.25, 0.3) is 11.8 Å². The van der Waals surface area contributed by atoms with E-state index >= 15 is 0 Å². The number of hydrogen-bond donors (Lipinski definition) is 3. The van der Waals surface area contributed by atoms with Crippen LogP contribution in [0.5, 0.6) is 5.75 Å². The van der Waals surface area contributed by atoms with Gasteiger partial charge in [0, 0.05) is 17.2 Å². The lowest BCUT2D eigenvalue weighted by atomic mass is 10.1. The number of H-pyrrole nitrogens is 1. The molecule has 1 fully saturated rings. The first-order valence-electron chi connectivity index (χ1n) is 10.2. The van der Waals surface area contributed by atoms with Gasteiger partial charge in [-0.1, -0.05) is 0 Å². The first kappa shape index (κ1) is 20.6. The molecule has 4 rings (SSSR count). The van der Waals surface area contributed by atoms with Gasteiger partial charge in [-0.05, 0) is 70.0 Å². The lowest BCUT2D eigenvalue weighted by Crippen LogP contribution is -2.42. The van der Waals surface area contributed by atoms with Crippen LogP contribution in [0.4, 0.5) is 0 Å². The average Bonchev–Trinajstić information content (AvgIpc) is 3.28. The van der Waals surface area contributed by atoms with Crippen LogP contribution in [0.1, 0.15) is 66.2 Å². The van der Waals surface area contributed by atoms with Crippen LogP contribution in [0.2, 0.25) is 0 Å². The molecule has 31 heavy (non-hydrogen) atoms. The minimum Gasteiger partial charge on any atom is -0.497 e. The van der Waals surface area contributed by atoms with Gasteiger partial charge in [-0.3, -0.25) is 30.2 Å². The summed E-state index contributed by atoms with van der Waals surface area (Å²) < 4.78 is 7.04. The Labute approximate surface area is 180 Å². The highest BCUT2D eigenvalue weighted by Crippen LogP contribution is 2.41. The molecule has 0 unspecified atom stereocenters. The van der Waals surface area contributed by atoms with E-state index in [4.69, 9.17) is 4.74 Å². The van der Waals surface area contributed by atoms with Gasteiger partial charge in [-0.15, -0.1) is 0 Å². The van der Waals surface area contributed by atoms with Crippen molar-refractivity contribution in [2.45, 2.75) is 45.1 Å². The molecule has 9 nitrogen and oxygen atoms in total. The molecule has 1 aromatic carbocycles. The monoisotopic (exact) mass is 422 g/mol. The maximum absolute atomic E-state index is 12.6. The van der Waals surface area contributed by atoms with Crippen LogP contribution in [0.3, 0.4) is 0 Å². The Kier molecular flexibility index (Phi) is 5.26. The van der Waals surface area contributed by atoms with E-state index in [1.807, 2.05) is 55.8 Å². The second kappa shape index (κ2) is 7.90. The normalized spacial score (nSPS) is 13.7. The maximum Gasteiger partial charge on any atom is 0.290 e. The number of carbonyl (C=O) groups is 2. The van der Waals surface area contributed by atoms with Crippen LogP contribution in [0.25, 0.3) is 11.3 Å². The number of nitrogens with one attached hydrogen (secondary N) is 3. The zero-order valence-electron chi connectivity index (χ0n) is 18.0. The van der Waals surface area contributed by atoms with Crippen molar-refractivity contribution in [3.8, 4) is 17.0 Å². The van der Waals surface area contributed by atoms with Crippen molar-refractivity contribution in [1.82, 2.24) is 30.8 Å². The molecule has 2 heterocycles. The van der Waals surface area contributed by atoms with Gasteiger partial charge in [0.2, 0.25) is 0 Å². The zero-order valence-corrected chi connectivity index (χ0v) is 18.0. The Balaban J connectivity index is 1.41. The minimum atomic E-state index is -0.502. The summed E-state index contributed by atoms with van der Waals surface area (Å²) >= 11 is 0. The number of nitrogens with zero attached hydrogens (tertiary/aromatic N) is 3. The first-order valence-corrected chi connectivity index (χ1v) is 10.2. The maximum atomic E-state index is 12.6. The van der Waals surface area contributed by atoms with E-state index < -0.39 is 11.8 Å². The second-order valence-corrected chi connectivity index (χ2v) is 8.61. The van der Waals surface area contributed by atoms with Gasteiger partial charge in [-0.2, -0.15) is 10.2 Å². The number of hydrogen-bond acceptors (Lipinski definition) is 5. The number of aromatic nitrogens is 4. The van der Waals surface area contributed by atoms with Crippen molar-refractivity contribution < 1.29 is 14.3 Å². The molecule has 2 aromatic heterocycles. The summed E-state index contributed by atoms with van der Waals surface area (Å²) in [6, 6.07) is 10.8. The molecule has 1 aliphatic rings. The number of benzene rings is 1. The van der Waals surface area contributed by atoms with E-state index in [0.717, 1.165) is 29.8 Å². The van der Waals surface area contributed by atoms with E-state index in [2.05, 4.69) is 26.1 Å². The molecule has 9 heteroatoms. The van der Waals surface area contributed by atoms with Crippen molar-refractivity contribution >= 4 is 11.8 Å². The highest BCUT2D eigenvalue weighted by molar-refractivity contribution is 5.97. The quantitative estimate of drug-likeness (QED) is 0.547. The standard InChI is InChI=1S/C22H26N6O3/c1-22(2,3)28-19(14-5-6-14)12-18(27-28)21(30)26-25-20(29)17-11-16(23-24-17)13-7-9-15(31-4)10-8-13/h7-12,14H,5-6H2,1-4H3,(H,23,24)(H,25,29)(H,26,30). The van der Waals surface area contributed by atoms with Gasteiger partial charge < -0.3 is 4.74 Å². The molecule has 0 aliphatic heterocycles. The number of carbonyl (C=O) groups excluding carboxylic acids is 2. The SMILES string of the molecule is COc1ccc(-c2cc(C(=O)NNC(=O)c3cc(C4CC4)n(C(C)(C)C)n3)[nH]n2)cc1. The van der Waals surface area contributed by atoms with Crippen LogP contribution in [0.15, 0.2) is 36.4 Å². The molecule has 1 aliphatic carbocycles. The third-order valence-corrected chi connectivity index (χ3v) is 5.10. The lowest BCUT2D eigenvalue weighted by Gasteiger charge is -2.22. The van der Waals surface area contributed by atoms with Crippen LogP contribution in [0, 0.1) is 0 Å². The summed E-state index contributed by atoms with van der Waals surface area (Å²) in [5.74, 6) is 0.217. The fraction of sp³-hybridized carbons (Fsp3) is 0.364. The van der Waals surface area contributed by atoms with Gasteiger partial charge in [-0.25, -0.2) is 0 Å². The fourth-order valence-electron chi connectivity index (χ4n) is 3.31. The predicted octanol–water partition coefficient (Wildman–Crippen LogP) is 2.99. The van der Waals surface area contributed by atoms with Crippen molar-refractivity contribution in [2.75, 3.05) is 7.11 Å². The Hall–Kier alpha value is -3.62. The molecule has 3 aromatic rings. The number of aromatic amines is 1. The van der Waals surface area contributed by atoms with Crippen molar-refractivity contribution in [1.29, 1.82) is 0 Å². The first-order chi connectivity index (χ1) is 14.8. The Morgan fingerprint density at radius 2 is 1.77 bits per heavy atom. The van der Waals surface area contributed by atoms with Crippen LogP contribution < -0.4 is 15.6 Å². The average molecular weight is 422 g/mol. The van der Waals surface area contributed by atoms with E-state index in [9.17, 15) is 9.59 Å². The van der Waals surface area contributed by atoms with Crippen molar-refractivity contribution in [2.24, 2.45) is 0 Å². The highest BCUT2D eigenvalue weighted by atomic mass is 16.5. The van der Waals surface area contributed by atoms with Gasteiger partial charge in [0.05, 0.1) is 18.3 Å². The number of methoxy groups -OCH3 is 1. The third kappa shape index (κ3) is 4.45. The van der Waals surface area contributed by atoms with E-state index in [0.29, 0.717) is 11.6 Å². The molecule has 162 valence electrons. The summed E-state index contributed by atoms with van der Waals surface area (Å²) in [7, 11) is 1.60. The van der Waals surface area contributed by atoms with E-state index in [-0.39, 0.29) is 16.9 Å². The molecule has 0 bridgehead atoms. The van der Waals surface area contributed by atoms with Gasteiger partial charge in [0.1, 0.15) is 11.4 Å². The molecule has 3 N–H and O–H groups in total. The topological polar surface area (TPSA) is 114 Å². The molecule has 0 atom stereocenters. The highest BCUT2D eigenvalue weighted by Gasteiger charge is 2.32. The van der Waals surface area contributed by atoms with E-state index in [1.165, 1.54) is 0 Å². The molecule has 0 spiro atoms. The van der Waals surface area contributed by atoms with E-state index in [1.54, 1.807) is 13.2 Å². The van der Waals surface area contributed by atoms with Crippen molar-refractivity contribution in [3.63, 3.8) is 0 Å². The Morgan fingerprint density at radius 3 is 2.39 bits per heavy atom. The molecule has 0 radical (unpaired) electrons. The summed E-state index contributed by atoms with van der Waals surface area (Å²) in [6.07, 6.45) is 2.21. The fourth-order valence-corrected chi connectivity index (χ4v) is 3.31. The number of rotatable bonds is 5. The molecule has 1 saturated carbocycles. The smallest absolute Gasteiger partial charge is 0.290 e. The van der Waals surface area contributed by atoms with Gasteiger partial charge in [0.15, 0.2) is 5.69 Å². The lowest BCUT2D eigenvalue weighted by molar-refractivity contribution is 0.0840. The van der Waals surface area contributed by atoms with Gasteiger partial charge >= 0.3 is 0 Å². The molecule has 0 saturated heterocycles. The van der Waals surface area contributed by atoms with Crippen LogP contribution in [-0.2, 0) is 5.54 Å². The number of hydrazine groups is 1. The number of ether oxygens (including phenoxy) is 1. The molecular weight excluding hydrogens is 396 g/mol. The van der Waals surface area contributed by atoms with Crippen molar-refractivity contribution in [3.05, 3.63) is 53.5 Å². The Bertz CT molecular complexity index is 1100. The molecular formula is C22H26N6O3. The predicted molar refractivity (Wildman–Crippen MR) is 115 cm³/mol. The summed E-state index contributed by atoms with van der Waals surface area (Å²) in [6.45, 7) is 6.15. The summed E-state index contributed by atoms with van der Waals surface area (Å²) in [4.78, 5) is 25.0. The number of amides is 2. The largest absolute Gasteiger partial charge is 0.497 e. The van der Waals surface area contributed by atoms with Crippen LogP contribution >= 0.6 is 0 Å². The second-order valence-electron chi connectivity index (χ2n) is 8.61. The molecule has 2 amide bonds. The zero-order chi connectivity index (χ0) is 22.2.